The first-order valence-corrected chi connectivity index (χ1v) is 5.94. The van der Waals surface area contributed by atoms with Gasteiger partial charge in [0.05, 0.1) is 0 Å². The number of carbonyl (C=O) groups excluding carboxylic acids is 1. The van der Waals surface area contributed by atoms with Crippen LogP contribution < -0.4 is 5.73 Å². The largest absolute Gasteiger partial charge is 0.459 e. The van der Waals surface area contributed by atoms with Crippen molar-refractivity contribution in [3.8, 4) is 0 Å². The smallest absolute Gasteiger partial charge is 0.327 e. The lowest BCUT2D eigenvalue weighted by molar-refractivity contribution is -0.161. The summed E-state index contributed by atoms with van der Waals surface area (Å²) in [6.45, 7) is 7.57. The fourth-order valence-electron chi connectivity index (χ4n) is 1.40. The third-order valence-corrected chi connectivity index (χ3v) is 3.75. The van der Waals surface area contributed by atoms with Crippen LogP contribution in [0.15, 0.2) is 0 Å². The van der Waals surface area contributed by atoms with Gasteiger partial charge in [-0.25, -0.2) is 4.79 Å². The first kappa shape index (κ1) is 11.9. The number of esters is 1. The van der Waals surface area contributed by atoms with Gasteiger partial charge in [0.25, 0.3) is 0 Å². The number of hydrogen-bond acceptors (Lipinski definition) is 4. The molecule has 4 heteroatoms. The van der Waals surface area contributed by atoms with Gasteiger partial charge in [-0.05, 0) is 32.9 Å². The molecule has 0 aromatic heterocycles. The average Bonchev–Trinajstić information content (AvgIpc) is 2.30. The Hall–Kier alpha value is -0.220. The van der Waals surface area contributed by atoms with E-state index in [9.17, 15) is 4.79 Å². The molecule has 1 aliphatic heterocycles. The van der Waals surface area contributed by atoms with Gasteiger partial charge in [-0.3, -0.25) is 0 Å². The molecule has 0 bridgehead atoms. The molecule has 0 aromatic rings. The zero-order valence-electron chi connectivity index (χ0n) is 9.29. The Morgan fingerprint density at radius 2 is 2.14 bits per heavy atom. The predicted molar refractivity (Wildman–Crippen MR) is 59.3 cm³/mol. The summed E-state index contributed by atoms with van der Waals surface area (Å²) in [6.07, 6.45) is 0.716. The molecule has 0 aromatic carbocycles. The Morgan fingerprint density at radius 1 is 1.57 bits per heavy atom. The van der Waals surface area contributed by atoms with Crippen LogP contribution in [0.5, 0.6) is 0 Å². The van der Waals surface area contributed by atoms with Gasteiger partial charge in [-0.2, -0.15) is 11.8 Å². The maximum Gasteiger partial charge on any atom is 0.327 e. The Bertz CT molecular complexity index is 237. The molecular formula is C10H19NO2S. The Kier molecular flexibility index (Phi) is 3.17. The number of ether oxygens (including phenoxy) is 1. The van der Waals surface area contributed by atoms with Crippen LogP contribution in [0.2, 0.25) is 0 Å². The summed E-state index contributed by atoms with van der Waals surface area (Å²) in [7, 11) is 0. The summed E-state index contributed by atoms with van der Waals surface area (Å²) in [5.74, 6) is 0.680. The molecule has 1 rings (SSSR count). The highest BCUT2D eigenvalue weighted by Crippen LogP contribution is 2.35. The van der Waals surface area contributed by atoms with E-state index in [4.69, 9.17) is 10.5 Å². The van der Waals surface area contributed by atoms with Crippen molar-refractivity contribution in [2.24, 2.45) is 5.73 Å². The summed E-state index contributed by atoms with van der Waals surface area (Å²) < 4.78 is 5.32. The molecule has 1 fully saturated rings. The highest BCUT2D eigenvalue weighted by molar-refractivity contribution is 8.00. The second-order valence-electron chi connectivity index (χ2n) is 4.81. The van der Waals surface area contributed by atoms with E-state index in [1.165, 1.54) is 0 Å². The molecular weight excluding hydrogens is 198 g/mol. The molecule has 1 heterocycles. The summed E-state index contributed by atoms with van der Waals surface area (Å²) in [6, 6.07) is 0. The van der Waals surface area contributed by atoms with E-state index in [1.54, 1.807) is 11.8 Å². The number of carbonyl (C=O) groups is 1. The van der Waals surface area contributed by atoms with E-state index in [2.05, 4.69) is 0 Å². The predicted octanol–water partition coefficient (Wildman–Crippen LogP) is 1.55. The van der Waals surface area contributed by atoms with Crippen LogP contribution in [-0.4, -0.2) is 28.1 Å². The molecule has 0 saturated carbocycles. The monoisotopic (exact) mass is 217 g/mol. The van der Waals surface area contributed by atoms with Crippen LogP contribution >= 0.6 is 11.8 Å². The molecule has 82 valence electrons. The number of thioether (sulfide) groups is 1. The van der Waals surface area contributed by atoms with Crippen molar-refractivity contribution in [1.82, 2.24) is 0 Å². The van der Waals surface area contributed by atoms with Gasteiger partial charge < -0.3 is 10.5 Å². The lowest BCUT2D eigenvalue weighted by atomic mass is 9.94. The van der Waals surface area contributed by atoms with Crippen molar-refractivity contribution in [3.05, 3.63) is 0 Å². The maximum atomic E-state index is 11.8. The Balaban J connectivity index is 2.68. The zero-order chi connectivity index (χ0) is 11.0. The molecule has 0 spiro atoms. The molecule has 1 aliphatic rings. The SMILES string of the molecule is C[C@H]1SCC[C@@]1(N)C(=O)OC(C)(C)C. The van der Waals surface area contributed by atoms with E-state index in [1.807, 2.05) is 27.7 Å². The summed E-state index contributed by atoms with van der Waals surface area (Å²) in [5.41, 5.74) is 4.83. The molecule has 1 saturated heterocycles. The molecule has 14 heavy (non-hydrogen) atoms. The minimum absolute atomic E-state index is 0.150. The summed E-state index contributed by atoms with van der Waals surface area (Å²) in [4.78, 5) is 11.8. The molecule has 2 N–H and O–H groups in total. The van der Waals surface area contributed by atoms with Gasteiger partial charge in [-0.1, -0.05) is 6.92 Å². The van der Waals surface area contributed by atoms with E-state index < -0.39 is 11.1 Å². The molecule has 0 unspecified atom stereocenters. The van der Waals surface area contributed by atoms with Crippen LogP contribution in [0.4, 0.5) is 0 Å². The zero-order valence-corrected chi connectivity index (χ0v) is 10.1. The van der Waals surface area contributed by atoms with Crippen LogP contribution in [-0.2, 0) is 9.53 Å². The van der Waals surface area contributed by atoms with Crippen LogP contribution in [0.1, 0.15) is 34.1 Å². The number of nitrogens with two attached hydrogens (primary N) is 1. The standard InChI is InChI=1S/C10H19NO2S/c1-7-10(11,5-6-14-7)8(12)13-9(2,3)4/h7H,5-6,11H2,1-4H3/t7-,10+/m1/s1. The van der Waals surface area contributed by atoms with Crippen molar-refractivity contribution in [1.29, 1.82) is 0 Å². The molecule has 0 radical (unpaired) electrons. The molecule has 0 amide bonds. The van der Waals surface area contributed by atoms with E-state index in [-0.39, 0.29) is 11.2 Å². The van der Waals surface area contributed by atoms with E-state index >= 15 is 0 Å². The first-order valence-electron chi connectivity index (χ1n) is 4.90. The van der Waals surface area contributed by atoms with E-state index in [0.29, 0.717) is 6.42 Å². The van der Waals surface area contributed by atoms with Crippen molar-refractivity contribution in [2.45, 2.75) is 50.5 Å². The van der Waals surface area contributed by atoms with Crippen LogP contribution in [0, 0.1) is 0 Å². The van der Waals surface area contributed by atoms with Crippen molar-refractivity contribution in [3.63, 3.8) is 0 Å². The van der Waals surface area contributed by atoms with Gasteiger partial charge in [-0.15, -0.1) is 0 Å². The van der Waals surface area contributed by atoms with Crippen molar-refractivity contribution >= 4 is 17.7 Å². The molecule has 3 nitrogen and oxygen atoms in total. The number of rotatable bonds is 1. The third-order valence-electron chi connectivity index (χ3n) is 2.39. The quantitative estimate of drug-likeness (QED) is 0.677. The number of hydrogen-bond donors (Lipinski definition) is 1. The van der Waals surface area contributed by atoms with Crippen molar-refractivity contribution < 1.29 is 9.53 Å². The van der Waals surface area contributed by atoms with Gasteiger partial charge >= 0.3 is 5.97 Å². The topological polar surface area (TPSA) is 52.3 Å². The van der Waals surface area contributed by atoms with Gasteiger partial charge in [0.2, 0.25) is 0 Å². The second-order valence-corrected chi connectivity index (χ2v) is 6.25. The van der Waals surface area contributed by atoms with Crippen LogP contribution in [0.3, 0.4) is 0 Å². The molecule has 0 aliphatic carbocycles. The minimum atomic E-state index is -0.780. The van der Waals surface area contributed by atoms with Gasteiger partial charge in [0.15, 0.2) is 0 Å². The fourth-order valence-corrected chi connectivity index (χ4v) is 2.72. The Morgan fingerprint density at radius 3 is 2.50 bits per heavy atom. The fraction of sp³-hybridized carbons (Fsp3) is 0.900. The van der Waals surface area contributed by atoms with Crippen molar-refractivity contribution in [2.75, 3.05) is 5.75 Å². The third kappa shape index (κ3) is 2.42. The van der Waals surface area contributed by atoms with Gasteiger partial charge in [0, 0.05) is 5.25 Å². The lowest BCUT2D eigenvalue weighted by Crippen LogP contribution is -2.54. The summed E-state index contributed by atoms with van der Waals surface area (Å²) >= 11 is 1.73. The summed E-state index contributed by atoms with van der Waals surface area (Å²) in [5, 5.41) is 0.150. The first-order chi connectivity index (χ1) is 6.26. The second kappa shape index (κ2) is 3.74. The Labute approximate surface area is 89.8 Å². The highest BCUT2D eigenvalue weighted by atomic mass is 32.2. The maximum absolute atomic E-state index is 11.8. The highest BCUT2D eigenvalue weighted by Gasteiger charge is 2.46. The minimum Gasteiger partial charge on any atom is -0.459 e. The molecule has 2 atom stereocenters. The normalized spacial score (nSPS) is 33.1. The van der Waals surface area contributed by atoms with E-state index in [0.717, 1.165) is 5.75 Å². The average molecular weight is 217 g/mol. The van der Waals surface area contributed by atoms with Crippen LogP contribution in [0.25, 0.3) is 0 Å². The lowest BCUT2D eigenvalue weighted by Gasteiger charge is -2.30. The van der Waals surface area contributed by atoms with Gasteiger partial charge in [0.1, 0.15) is 11.1 Å².